The van der Waals surface area contributed by atoms with Crippen LogP contribution in [-0.2, 0) is 9.59 Å². The summed E-state index contributed by atoms with van der Waals surface area (Å²) in [6.45, 7) is 2.43. The molecular weight excluding hydrogens is 298 g/mol. The molecule has 6 nitrogen and oxygen atoms in total. The normalized spacial score (nSPS) is 25.7. The second kappa shape index (κ2) is 7.97. The van der Waals surface area contributed by atoms with Crippen LogP contribution in [0.4, 0.5) is 0 Å². The number of nitrogens with one attached hydrogen (secondary N) is 1. The first kappa shape index (κ1) is 17.3. The zero-order valence-electron chi connectivity index (χ0n) is 13.2. The van der Waals surface area contributed by atoms with Gasteiger partial charge in [0.1, 0.15) is 5.75 Å². The molecule has 3 rings (SSSR count). The summed E-state index contributed by atoms with van der Waals surface area (Å²) in [4.78, 5) is 18.2. The number of fused-ring (bicyclic) bond motifs is 1. The molecule has 0 amide bonds. The molecule has 1 saturated heterocycles. The van der Waals surface area contributed by atoms with Crippen LogP contribution in [-0.4, -0.2) is 42.4 Å². The molecule has 3 N–H and O–H groups in total. The maximum absolute atomic E-state index is 9.10. The Morgan fingerprint density at radius 1 is 1.17 bits per heavy atom. The van der Waals surface area contributed by atoms with Crippen molar-refractivity contribution in [2.45, 2.75) is 25.2 Å². The molecule has 23 heavy (non-hydrogen) atoms. The van der Waals surface area contributed by atoms with Crippen LogP contribution in [0.3, 0.4) is 0 Å². The third-order valence-corrected chi connectivity index (χ3v) is 4.70. The van der Waals surface area contributed by atoms with E-state index in [1.54, 1.807) is 7.11 Å². The largest absolute Gasteiger partial charge is 0.497 e. The lowest BCUT2D eigenvalue weighted by atomic mass is 9.71. The fourth-order valence-corrected chi connectivity index (χ4v) is 3.64. The molecule has 1 aliphatic heterocycles. The molecule has 2 unspecified atom stereocenters. The predicted molar refractivity (Wildman–Crippen MR) is 84.7 cm³/mol. The van der Waals surface area contributed by atoms with Crippen LogP contribution in [0.2, 0.25) is 0 Å². The Kier molecular flexibility index (Phi) is 5.98. The van der Waals surface area contributed by atoms with Crippen LogP contribution >= 0.6 is 0 Å². The van der Waals surface area contributed by atoms with Crippen molar-refractivity contribution in [2.75, 3.05) is 20.2 Å². The minimum Gasteiger partial charge on any atom is -0.497 e. The molecule has 1 heterocycles. The zero-order chi connectivity index (χ0) is 16.8. The van der Waals surface area contributed by atoms with Gasteiger partial charge in [-0.3, -0.25) is 0 Å². The summed E-state index contributed by atoms with van der Waals surface area (Å²) in [7, 11) is 1.75. The standard InChI is InChI=1S/C15H21NO.C2H2O4/c1-17-13-6-2-4-11(8-13)14-7-3-5-12-9-16-10-15(12)14;3-1(4)2(5)6/h2,4,6,8,12,14-16H,3,5,7,9-10H2,1H3;(H,3,4)(H,5,6)/t12-,14?,15?;/m0./s1. The molecule has 1 aromatic carbocycles. The minimum atomic E-state index is -1.82. The molecule has 0 spiro atoms. The Balaban J connectivity index is 0.000000277. The van der Waals surface area contributed by atoms with Crippen LogP contribution < -0.4 is 10.1 Å². The first-order valence-electron chi connectivity index (χ1n) is 7.83. The highest BCUT2D eigenvalue weighted by Gasteiger charge is 2.37. The van der Waals surface area contributed by atoms with Crippen molar-refractivity contribution < 1.29 is 24.5 Å². The lowest BCUT2D eigenvalue weighted by Gasteiger charge is -2.33. The molecule has 1 aromatic rings. The van der Waals surface area contributed by atoms with Crippen LogP contribution in [0.15, 0.2) is 24.3 Å². The summed E-state index contributed by atoms with van der Waals surface area (Å²) in [5, 5.41) is 18.3. The van der Waals surface area contributed by atoms with E-state index in [0.717, 1.165) is 23.5 Å². The van der Waals surface area contributed by atoms with E-state index in [0.29, 0.717) is 0 Å². The van der Waals surface area contributed by atoms with Crippen LogP contribution in [0.5, 0.6) is 5.75 Å². The number of ether oxygens (including phenoxy) is 1. The van der Waals surface area contributed by atoms with Gasteiger partial charge in [-0.15, -0.1) is 0 Å². The smallest absolute Gasteiger partial charge is 0.414 e. The molecule has 0 bridgehead atoms. The Labute approximate surface area is 135 Å². The summed E-state index contributed by atoms with van der Waals surface area (Å²) in [6, 6.07) is 8.66. The number of methoxy groups -OCH3 is 1. The van der Waals surface area contributed by atoms with Crippen molar-refractivity contribution in [1.82, 2.24) is 5.32 Å². The third-order valence-electron chi connectivity index (χ3n) is 4.70. The van der Waals surface area contributed by atoms with Gasteiger partial charge in [-0.05, 0) is 61.4 Å². The van der Waals surface area contributed by atoms with Gasteiger partial charge in [-0.2, -0.15) is 0 Å². The number of hydrogen-bond donors (Lipinski definition) is 3. The summed E-state index contributed by atoms with van der Waals surface area (Å²) < 4.78 is 5.34. The molecule has 1 saturated carbocycles. The number of rotatable bonds is 2. The Morgan fingerprint density at radius 2 is 1.91 bits per heavy atom. The van der Waals surface area contributed by atoms with E-state index in [1.807, 2.05) is 6.07 Å². The highest BCUT2D eigenvalue weighted by Crippen LogP contribution is 2.43. The summed E-state index contributed by atoms with van der Waals surface area (Å²) in [5.74, 6) is -0.171. The van der Waals surface area contributed by atoms with Crippen LogP contribution in [0.1, 0.15) is 30.7 Å². The predicted octanol–water partition coefficient (Wildman–Crippen LogP) is 1.95. The molecule has 126 valence electrons. The number of carboxylic acids is 2. The Hall–Kier alpha value is -2.08. The number of carbonyl (C=O) groups is 2. The fourth-order valence-electron chi connectivity index (χ4n) is 3.64. The average molecular weight is 321 g/mol. The summed E-state index contributed by atoms with van der Waals surface area (Å²) in [6.07, 6.45) is 4.14. The van der Waals surface area contributed by atoms with E-state index in [4.69, 9.17) is 24.5 Å². The quantitative estimate of drug-likeness (QED) is 0.721. The molecule has 6 heteroatoms. The lowest BCUT2D eigenvalue weighted by molar-refractivity contribution is -0.159. The third kappa shape index (κ3) is 4.45. The van der Waals surface area contributed by atoms with Crippen molar-refractivity contribution in [3.05, 3.63) is 29.8 Å². The first-order chi connectivity index (χ1) is 11.0. The maximum atomic E-state index is 9.10. The van der Waals surface area contributed by atoms with Gasteiger partial charge in [0, 0.05) is 0 Å². The molecule has 2 fully saturated rings. The minimum absolute atomic E-state index is 0.735. The lowest BCUT2D eigenvalue weighted by Crippen LogP contribution is -2.25. The highest BCUT2D eigenvalue weighted by atomic mass is 16.5. The molecule has 3 atom stereocenters. The van der Waals surface area contributed by atoms with Gasteiger partial charge in [-0.1, -0.05) is 18.6 Å². The van der Waals surface area contributed by atoms with Gasteiger partial charge in [0.15, 0.2) is 0 Å². The monoisotopic (exact) mass is 321 g/mol. The van der Waals surface area contributed by atoms with E-state index in [1.165, 1.54) is 37.9 Å². The molecular formula is C17H23NO5. The van der Waals surface area contributed by atoms with Gasteiger partial charge in [-0.25, -0.2) is 9.59 Å². The average Bonchev–Trinajstić information content (AvgIpc) is 3.04. The van der Waals surface area contributed by atoms with Gasteiger partial charge in [0.25, 0.3) is 0 Å². The van der Waals surface area contributed by atoms with Crippen LogP contribution in [0.25, 0.3) is 0 Å². The number of benzene rings is 1. The second-order valence-corrected chi connectivity index (χ2v) is 6.01. The SMILES string of the molecule is COc1cccc(C2CCC[C@H]3CNCC23)c1.O=C(O)C(=O)O. The van der Waals surface area contributed by atoms with E-state index in [2.05, 4.69) is 23.5 Å². The van der Waals surface area contributed by atoms with Crippen molar-refractivity contribution in [1.29, 1.82) is 0 Å². The van der Waals surface area contributed by atoms with Crippen molar-refractivity contribution in [2.24, 2.45) is 11.8 Å². The number of carboxylic acid groups (broad SMARTS) is 2. The zero-order valence-corrected chi connectivity index (χ0v) is 13.2. The molecule has 1 aliphatic carbocycles. The molecule has 2 aliphatic rings. The Bertz CT molecular complexity index is 548. The maximum Gasteiger partial charge on any atom is 0.414 e. The fraction of sp³-hybridized carbons (Fsp3) is 0.529. The van der Waals surface area contributed by atoms with Gasteiger partial charge in [0.2, 0.25) is 0 Å². The van der Waals surface area contributed by atoms with Crippen molar-refractivity contribution in [3.8, 4) is 5.75 Å². The number of aliphatic carboxylic acids is 2. The van der Waals surface area contributed by atoms with Crippen molar-refractivity contribution in [3.63, 3.8) is 0 Å². The van der Waals surface area contributed by atoms with E-state index < -0.39 is 11.9 Å². The first-order valence-corrected chi connectivity index (χ1v) is 7.83. The molecule has 0 aromatic heterocycles. The van der Waals surface area contributed by atoms with Gasteiger partial charge in [0.05, 0.1) is 7.11 Å². The van der Waals surface area contributed by atoms with E-state index in [9.17, 15) is 0 Å². The molecule has 0 radical (unpaired) electrons. The van der Waals surface area contributed by atoms with Crippen LogP contribution in [0, 0.1) is 11.8 Å². The summed E-state index contributed by atoms with van der Waals surface area (Å²) >= 11 is 0. The van der Waals surface area contributed by atoms with Gasteiger partial charge < -0.3 is 20.3 Å². The van der Waals surface area contributed by atoms with E-state index >= 15 is 0 Å². The van der Waals surface area contributed by atoms with E-state index in [-0.39, 0.29) is 0 Å². The van der Waals surface area contributed by atoms with Crippen molar-refractivity contribution >= 4 is 11.9 Å². The number of hydrogen-bond acceptors (Lipinski definition) is 4. The Morgan fingerprint density at radius 3 is 2.57 bits per heavy atom. The summed E-state index contributed by atoms with van der Waals surface area (Å²) in [5.41, 5.74) is 1.47. The van der Waals surface area contributed by atoms with Gasteiger partial charge >= 0.3 is 11.9 Å². The second-order valence-electron chi connectivity index (χ2n) is 6.01. The topological polar surface area (TPSA) is 95.9 Å². The highest BCUT2D eigenvalue weighted by molar-refractivity contribution is 6.27.